The van der Waals surface area contributed by atoms with Gasteiger partial charge in [0.1, 0.15) is 23.1 Å². The lowest BCUT2D eigenvalue weighted by atomic mass is 9.94. The molecule has 0 radical (unpaired) electrons. The Morgan fingerprint density at radius 1 is 1.02 bits per heavy atom. The van der Waals surface area contributed by atoms with Gasteiger partial charge in [0.15, 0.2) is 11.6 Å². The minimum Gasteiger partial charge on any atom is -0.476 e. The number of nitrogens with one attached hydrogen (secondary N) is 1. The molecule has 0 atom stereocenters. The van der Waals surface area contributed by atoms with Crippen molar-refractivity contribution < 1.29 is 17.9 Å². The highest BCUT2D eigenvalue weighted by molar-refractivity contribution is 8.00. The standard InChI is InChI=1S/C34H43F3N8OS2/c1-5-43(4)47-22-21-44-19-11-7-6-8-13-25-14-9-10-15-26(25)31-32(38-23-27(39-31)42-48-30-17-12-16-28(44)40-30)45-20-18-29(41-45)46-24-33(2,3)34(35,36)37/h9-10,12,14-18,20,23H,5-8,11,13,19,21-22,24H2,1-4H3,(H,39,42). The monoisotopic (exact) mass is 700 g/mol. The fraction of sp³-hybridized carbons (Fsp3) is 0.471. The number of benzene rings is 1. The van der Waals surface area contributed by atoms with Gasteiger partial charge in [-0.2, -0.15) is 13.2 Å². The number of rotatable bonds is 9. The van der Waals surface area contributed by atoms with Gasteiger partial charge in [-0.05, 0) is 57.9 Å². The highest BCUT2D eigenvalue weighted by atomic mass is 32.2. The first-order valence-electron chi connectivity index (χ1n) is 16.2. The van der Waals surface area contributed by atoms with Crippen LogP contribution in [-0.2, 0) is 6.42 Å². The molecule has 48 heavy (non-hydrogen) atoms. The van der Waals surface area contributed by atoms with Crippen LogP contribution < -0.4 is 14.4 Å². The Morgan fingerprint density at radius 2 is 1.83 bits per heavy atom. The lowest BCUT2D eigenvalue weighted by Crippen LogP contribution is -2.37. The number of pyridine rings is 1. The van der Waals surface area contributed by atoms with E-state index in [-0.39, 0.29) is 5.88 Å². The van der Waals surface area contributed by atoms with Crippen LogP contribution in [0.2, 0.25) is 0 Å². The van der Waals surface area contributed by atoms with Gasteiger partial charge in [-0.25, -0.2) is 19.6 Å². The molecule has 0 spiro atoms. The first-order chi connectivity index (χ1) is 23.0. The van der Waals surface area contributed by atoms with Crippen molar-refractivity contribution in [1.29, 1.82) is 0 Å². The molecule has 1 aliphatic rings. The molecule has 3 aromatic heterocycles. The third kappa shape index (κ3) is 9.35. The Morgan fingerprint density at radius 3 is 2.65 bits per heavy atom. The van der Waals surface area contributed by atoms with Crippen molar-refractivity contribution in [3.05, 3.63) is 66.5 Å². The molecule has 258 valence electrons. The second-order valence-electron chi connectivity index (χ2n) is 12.3. The maximum Gasteiger partial charge on any atom is 0.397 e. The Labute approximate surface area is 289 Å². The molecule has 4 heterocycles. The molecule has 0 unspecified atom stereocenters. The van der Waals surface area contributed by atoms with Crippen LogP contribution in [0.4, 0.5) is 24.8 Å². The number of nitrogens with zero attached hydrogens (tertiary/aromatic N) is 7. The van der Waals surface area contributed by atoms with Crippen molar-refractivity contribution in [2.24, 2.45) is 5.41 Å². The van der Waals surface area contributed by atoms with Crippen LogP contribution in [-0.4, -0.2) is 74.3 Å². The summed E-state index contributed by atoms with van der Waals surface area (Å²) < 4.78 is 52.8. The minimum absolute atomic E-state index is 0.0765. The summed E-state index contributed by atoms with van der Waals surface area (Å²) in [4.78, 5) is 17.1. The molecule has 0 saturated carbocycles. The summed E-state index contributed by atoms with van der Waals surface area (Å²) in [5.74, 6) is 3.00. The number of fused-ring (bicyclic) bond motifs is 6. The fourth-order valence-corrected chi connectivity index (χ4v) is 6.43. The van der Waals surface area contributed by atoms with Gasteiger partial charge in [-0.3, -0.25) is 4.31 Å². The Hall–Kier alpha value is -3.49. The van der Waals surface area contributed by atoms with Crippen molar-refractivity contribution in [3.8, 4) is 23.0 Å². The van der Waals surface area contributed by atoms with Crippen molar-refractivity contribution in [1.82, 2.24) is 29.0 Å². The molecule has 0 saturated heterocycles. The number of halogens is 3. The first kappa shape index (κ1) is 35.8. The predicted molar refractivity (Wildman–Crippen MR) is 189 cm³/mol. The third-order valence-electron chi connectivity index (χ3n) is 8.19. The highest BCUT2D eigenvalue weighted by Crippen LogP contribution is 2.38. The van der Waals surface area contributed by atoms with Gasteiger partial charge in [0.2, 0.25) is 5.88 Å². The molecule has 1 aromatic carbocycles. The largest absolute Gasteiger partial charge is 0.476 e. The van der Waals surface area contributed by atoms with Gasteiger partial charge >= 0.3 is 6.18 Å². The first-order valence-corrected chi connectivity index (χ1v) is 18.0. The van der Waals surface area contributed by atoms with Gasteiger partial charge in [0.25, 0.3) is 0 Å². The Balaban J connectivity index is 1.43. The molecule has 5 rings (SSSR count). The zero-order valence-electron chi connectivity index (χ0n) is 27.8. The van der Waals surface area contributed by atoms with Gasteiger partial charge in [-0.15, -0.1) is 5.10 Å². The summed E-state index contributed by atoms with van der Waals surface area (Å²) in [5.41, 5.74) is 0.649. The average molecular weight is 701 g/mol. The lowest BCUT2D eigenvalue weighted by Gasteiger charge is -2.26. The molecule has 9 nitrogen and oxygen atoms in total. The maximum absolute atomic E-state index is 13.4. The van der Waals surface area contributed by atoms with Crippen molar-refractivity contribution in [3.63, 3.8) is 0 Å². The van der Waals surface area contributed by atoms with E-state index in [2.05, 4.69) is 45.1 Å². The molecule has 0 amide bonds. The van der Waals surface area contributed by atoms with Crippen LogP contribution in [0, 0.1) is 5.41 Å². The summed E-state index contributed by atoms with van der Waals surface area (Å²) in [7, 11) is 2.12. The lowest BCUT2D eigenvalue weighted by molar-refractivity contribution is -0.219. The van der Waals surface area contributed by atoms with E-state index in [9.17, 15) is 13.2 Å². The van der Waals surface area contributed by atoms with E-state index in [4.69, 9.17) is 19.7 Å². The highest BCUT2D eigenvalue weighted by Gasteiger charge is 2.48. The summed E-state index contributed by atoms with van der Waals surface area (Å²) in [5, 5.41) is 5.24. The zero-order valence-corrected chi connectivity index (χ0v) is 29.5. The van der Waals surface area contributed by atoms with Crippen LogP contribution in [0.25, 0.3) is 17.1 Å². The molecule has 1 N–H and O–H groups in total. The van der Waals surface area contributed by atoms with Crippen LogP contribution in [0.1, 0.15) is 52.0 Å². The normalized spacial score (nSPS) is 14.7. The molecule has 0 aliphatic carbocycles. The Bertz CT molecular complexity index is 1630. The second kappa shape index (κ2) is 16.3. The quantitative estimate of drug-likeness (QED) is 0.172. The van der Waals surface area contributed by atoms with Crippen LogP contribution in [0.3, 0.4) is 0 Å². The van der Waals surface area contributed by atoms with Gasteiger partial charge in [-0.1, -0.05) is 62.0 Å². The number of ether oxygens (including phenoxy) is 1. The molecule has 0 fully saturated rings. The van der Waals surface area contributed by atoms with Crippen molar-refractivity contribution in [2.75, 3.05) is 48.7 Å². The number of aryl methyl sites for hydroxylation is 1. The predicted octanol–water partition coefficient (Wildman–Crippen LogP) is 8.33. The summed E-state index contributed by atoms with van der Waals surface area (Å²) in [6.07, 6.45) is 4.01. The van der Waals surface area contributed by atoms with E-state index < -0.39 is 18.2 Å². The van der Waals surface area contributed by atoms with Crippen LogP contribution in [0.5, 0.6) is 5.88 Å². The number of hydrogen-bond acceptors (Lipinski definition) is 10. The fourth-order valence-electron chi connectivity index (χ4n) is 5.04. The van der Waals surface area contributed by atoms with E-state index in [0.717, 1.165) is 93.3 Å². The molecular formula is C34H43F3N8OS2. The summed E-state index contributed by atoms with van der Waals surface area (Å²) >= 11 is 3.21. The van der Waals surface area contributed by atoms with Crippen molar-refractivity contribution in [2.45, 2.75) is 64.1 Å². The topological polar surface area (TPSA) is 84.2 Å². The molecule has 4 aromatic rings. The van der Waals surface area contributed by atoms with E-state index in [1.807, 2.05) is 42.3 Å². The SMILES string of the molecule is CCN(C)SCCN1CCCCCCc2ccccc2-c2nc(cnc2-n2ccc(OCC(C)(C)C(F)(F)F)n2)NSc2cccc1n2. The molecular weight excluding hydrogens is 658 g/mol. The smallest absolute Gasteiger partial charge is 0.397 e. The second-order valence-corrected chi connectivity index (χ2v) is 14.4. The summed E-state index contributed by atoms with van der Waals surface area (Å²) in [6, 6.07) is 15.7. The van der Waals surface area contributed by atoms with E-state index in [0.29, 0.717) is 17.3 Å². The summed E-state index contributed by atoms with van der Waals surface area (Å²) in [6.45, 7) is 6.66. The van der Waals surface area contributed by atoms with E-state index in [1.165, 1.54) is 22.7 Å². The number of hydrogen-bond donors (Lipinski definition) is 1. The average Bonchev–Trinajstić information content (AvgIpc) is 3.55. The zero-order chi connectivity index (χ0) is 34.1. The number of aromatic nitrogens is 5. The van der Waals surface area contributed by atoms with Gasteiger partial charge in [0.05, 0.1) is 11.6 Å². The van der Waals surface area contributed by atoms with Crippen molar-refractivity contribution >= 4 is 35.5 Å². The minimum atomic E-state index is -4.41. The molecule has 14 heteroatoms. The van der Waals surface area contributed by atoms with Crippen LogP contribution in [0.15, 0.2) is 66.0 Å². The third-order valence-corrected chi connectivity index (χ3v) is 10.0. The maximum atomic E-state index is 13.4. The molecule has 1 aliphatic heterocycles. The molecule has 4 bridgehead atoms. The van der Waals surface area contributed by atoms with Gasteiger partial charge in [0, 0.05) is 55.2 Å². The number of anilines is 2. The van der Waals surface area contributed by atoms with Gasteiger partial charge < -0.3 is 14.4 Å². The van der Waals surface area contributed by atoms with E-state index >= 15 is 0 Å². The Kier molecular flexibility index (Phi) is 12.1. The number of alkyl halides is 3. The van der Waals surface area contributed by atoms with Crippen LogP contribution >= 0.6 is 23.9 Å². The van der Waals surface area contributed by atoms with E-state index in [1.54, 1.807) is 12.4 Å².